The van der Waals surface area contributed by atoms with Crippen molar-refractivity contribution in [1.82, 2.24) is 4.57 Å². The number of hydrogen-bond donors (Lipinski definition) is 1. The van der Waals surface area contributed by atoms with Crippen LogP contribution in [0.1, 0.15) is 16.7 Å². The number of aryl methyl sites for hydroxylation is 1. The van der Waals surface area contributed by atoms with Gasteiger partial charge in [0.2, 0.25) is 0 Å². The van der Waals surface area contributed by atoms with Gasteiger partial charge in [-0.25, -0.2) is 0 Å². The van der Waals surface area contributed by atoms with Gasteiger partial charge in [-0.1, -0.05) is 17.7 Å². The monoisotopic (exact) mass is 325 g/mol. The predicted octanol–water partition coefficient (Wildman–Crippen LogP) is 4.36. The van der Waals surface area contributed by atoms with E-state index in [-0.39, 0.29) is 0 Å². The summed E-state index contributed by atoms with van der Waals surface area (Å²) in [6.07, 6.45) is 0. The molecular formula is C18H16ClN3O. The summed E-state index contributed by atoms with van der Waals surface area (Å²) in [5, 5.41) is 10.8. The lowest BCUT2D eigenvalue weighted by atomic mass is 10.1. The number of methoxy groups -OCH3 is 1. The summed E-state index contributed by atoms with van der Waals surface area (Å²) in [5.41, 5.74) is 10.5. The number of halogens is 1. The minimum atomic E-state index is 0.407. The molecule has 116 valence electrons. The molecule has 0 amide bonds. The minimum Gasteiger partial charge on any atom is -0.496 e. The number of ether oxygens (including phenoxy) is 1. The zero-order valence-electron chi connectivity index (χ0n) is 13.1. The number of nitrogens with zero attached hydrogens (tertiary/aromatic N) is 2. The van der Waals surface area contributed by atoms with E-state index in [9.17, 15) is 5.26 Å². The standard InChI is InChI=1S/C18H16ClN3O/c1-10-4-7-16(23-3)11(2)17(10)22-15-6-5-12(19)8-13(15)14(9-20)18(22)21/h4-8H,21H2,1-3H3. The second-order valence-electron chi connectivity index (χ2n) is 5.43. The molecule has 1 aromatic heterocycles. The quantitative estimate of drug-likeness (QED) is 0.761. The summed E-state index contributed by atoms with van der Waals surface area (Å²) in [4.78, 5) is 0. The van der Waals surface area contributed by atoms with Crippen LogP contribution in [0.2, 0.25) is 5.02 Å². The topological polar surface area (TPSA) is 64.0 Å². The maximum absolute atomic E-state index is 9.50. The van der Waals surface area contributed by atoms with E-state index in [1.165, 1.54) is 0 Å². The van der Waals surface area contributed by atoms with Gasteiger partial charge in [-0.2, -0.15) is 5.26 Å². The highest BCUT2D eigenvalue weighted by molar-refractivity contribution is 6.31. The van der Waals surface area contributed by atoms with Crippen LogP contribution in [0.4, 0.5) is 5.82 Å². The maximum Gasteiger partial charge on any atom is 0.127 e. The number of rotatable bonds is 2. The molecule has 1 heterocycles. The Morgan fingerprint density at radius 3 is 2.61 bits per heavy atom. The molecule has 3 aromatic rings. The van der Waals surface area contributed by atoms with Crippen molar-refractivity contribution in [3.8, 4) is 17.5 Å². The highest BCUT2D eigenvalue weighted by Gasteiger charge is 2.20. The Bertz CT molecular complexity index is 967. The van der Waals surface area contributed by atoms with E-state index in [4.69, 9.17) is 22.1 Å². The molecule has 2 N–H and O–H groups in total. The van der Waals surface area contributed by atoms with Crippen molar-refractivity contribution in [3.05, 3.63) is 52.0 Å². The van der Waals surface area contributed by atoms with Crippen molar-refractivity contribution in [2.75, 3.05) is 12.8 Å². The van der Waals surface area contributed by atoms with Gasteiger partial charge in [0.25, 0.3) is 0 Å². The molecule has 0 bridgehead atoms. The number of fused-ring (bicyclic) bond motifs is 1. The second kappa shape index (κ2) is 5.53. The zero-order valence-corrected chi connectivity index (χ0v) is 13.9. The van der Waals surface area contributed by atoms with Crippen LogP contribution in [0, 0.1) is 25.2 Å². The Morgan fingerprint density at radius 1 is 1.22 bits per heavy atom. The Morgan fingerprint density at radius 2 is 1.96 bits per heavy atom. The number of hydrogen-bond acceptors (Lipinski definition) is 3. The first-order valence-corrected chi connectivity index (χ1v) is 7.51. The summed E-state index contributed by atoms with van der Waals surface area (Å²) in [6.45, 7) is 3.99. The van der Waals surface area contributed by atoms with Gasteiger partial charge in [0.15, 0.2) is 0 Å². The highest BCUT2D eigenvalue weighted by atomic mass is 35.5. The molecule has 0 unspecified atom stereocenters. The van der Waals surface area contributed by atoms with E-state index in [0.29, 0.717) is 16.4 Å². The maximum atomic E-state index is 9.50. The Hall–Kier alpha value is -2.64. The predicted molar refractivity (Wildman–Crippen MR) is 93.4 cm³/mol. The molecule has 4 nitrogen and oxygen atoms in total. The summed E-state index contributed by atoms with van der Waals surface area (Å²) < 4.78 is 7.33. The van der Waals surface area contributed by atoms with Crippen molar-refractivity contribution >= 4 is 28.3 Å². The number of nitrogens with two attached hydrogens (primary N) is 1. The average Bonchev–Trinajstić information content (AvgIpc) is 2.79. The number of aromatic nitrogens is 1. The molecule has 2 aromatic carbocycles. The van der Waals surface area contributed by atoms with Gasteiger partial charge in [0.1, 0.15) is 23.2 Å². The molecule has 5 heteroatoms. The van der Waals surface area contributed by atoms with Crippen molar-refractivity contribution < 1.29 is 4.74 Å². The smallest absolute Gasteiger partial charge is 0.127 e. The molecule has 0 spiro atoms. The SMILES string of the molecule is COc1ccc(C)c(-n2c(N)c(C#N)c3cc(Cl)ccc32)c1C. The van der Waals surface area contributed by atoms with E-state index < -0.39 is 0 Å². The molecule has 0 aliphatic heterocycles. The molecule has 0 saturated carbocycles. The molecule has 0 fully saturated rings. The van der Waals surface area contributed by atoms with E-state index in [0.717, 1.165) is 33.5 Å². The van der Waals surface area contributed by atoms with Crippen LogP contribution in [0.25, 0.3) is 16.6 Å². The van der Waals surface area contributed by atoms with E-state index in [1.807, 2.05) is 36.6 Å². The van der Waals surface area contributed by atoms with E-state index in [2.05, 4.69) is 6.07 Å². The number of benzene rings is 2. The van der Waals surface area contributed by atoms with Gasteiger partial charge in [0.05, 0.1) is 18.3 Å². The van der Waals surface area contributed by atoms with Gasteiger partial charge < -0.3 is 10.5 Å². The van der Waals surface area contributed by atoms with Crippen LogP contribution in [0.3, 0.4) is 0 Å². The fourth-order valence-electron chi connectivity index (χ4n) is 3.02. The van der Waals surface area contributed by atoms with Gasteiger partial charge in [0, 0.05) is 16.0 Å². The third-order valence-corrected chi connectivity index (χ3v) is 4.34. The van der Waals surface area contributed by atoms with Crippen LogP contribution in [-0.4, -0.2) is 11.7 Å². The van der Waals surface area contributed by atoms with Crippen molar-refractivity contribution in [3.63, 3.8) is 0 Å². The summed E-state index contributed by atoms with van der Waals surface area (Å²) >= 11 is 6.09. The molecule has 0 aliphatic rings. The molecule has 0 aliphatic carbocycles. The average molecular weight is 326 g/mol. The third-order valence-electron chi connectivity index (χ3n) is 4.10. The largest absolute Gasteiger partial charge is 0.496 e. The normalized spacial score (nSPS) is 10.7. The first-order valence-electron chi connectivity index (χ1n) is 7.13. The Labute approximate surface area is 139 Å². The first kappa shape index (κ1) is 15.3. The Balaban J connectivity index is 2.48. The molecule has 0 atom stereocenters. The molecule has 0 saturated heterocycles. The van der Waals surface area contributed by atoms with Crippen LogP contribution in [0.15, 0.2) is 30.3 Å². The van der Waals surface area contributed by atoms with E-state index in [1.54, 1.807) is 19.2 Å². The van der Waals surface area contributed by atoms with E-state index >= 15 is 0 Å². The number of nitrogen functional groups attached to an aromatic ring is 1. The lowest BCUT2D eigenvalue weighted by Crippen LogP contribution is -2.06. The molecule has 3 rings (SSSR count). The third kappa shape index (κ3) is 2.21. The molecule has 0 radical (unpaired) electrons. The summed E-state index contributed by atoms with van der Waals surface area (Å²) in [5.74, 6) is 1.18. The fourth-order valence-corrected chi connectivity index (χ4v) is 3.20. The van der Waals surface area contributed by atoms with Crippen molar-refractivity contribution in [2.24, 2.45) is 0 Å². The van der Waals surface area contributed by atoms with Crippen LogP contribution >= 0.6 is 11.6 Å². The molecule has 23 heavy (non-hydrogen) atoms. The molecular weight excluding hydrogens is 310 g/mol. The van der Waals surface area contributed by atoms with Gasteiger partial charge in [-0.3, -0.25) is 4.57 Å². The highest BCUT2D eigenvalue weighted by Crippen LogP contribution is 2.37. The second-order valence-corrected chi connectivity index (χ2v) is 5.86. The lowest BCUT2D eigenvalue weighted by molar-refractivity contribution is 0.411. The Kier molecular flexibility index (Phi) is 3.67. The van der Waals surface area contributed by atoms with Crippen molar-refractivity contribution in [2.45, 2.75) is 13.8 Å². The lowest BCUT2D eigenvalue weighted by Gasteiger charge is -2.17. The summed E-state index contributed by atoms with van der Waals surface area (Å²) in [7, 11) is 1.64. The zero-order chi connectivity index (χ0) is 16.7. The van der Waals surface area contributed by atoms with Crippen LogP contribution in [-0.2, 0) is 0 Å². The number of nitriles is 1. The summed E-state index contributed by atoms with van der Waals surface area (Å²) in [6, 6.07) is 11.5. The van der Waals surface area contributed by atoms with Crippen molar-refractivity contribution in [1.29, 1.82) is 5.26 Å². The first-order chi connectivity index (χ1) is 11.0. The van der Waals surface area contributed by atoms with Gasteiger partial charge in [-0.05, 0) is 43.7 Å². The van der Waals surface area contributed by atoms with Gasteiger partial charge >= 0.3 is 0 Å². The van der Waals surface area contributed by atoms with Gasteiger partial charge in [-0.15, -0.1) is 0 Å². The fraction of sp³-hybridized carbons (Fsp3) is 0.167. The minimum absolute atomic E-state index is 0.407. The number of anilines is 1. The van der Waals surface area contributed by atoms with Crippen LogP contribution < -0.4 is 10.5 Å². The van der Waals surface area contributed by atoms with Crippen LogP contribution in [0.5, 0.6) is 5.75 Å².